The molecule has 1 unspecified atom stereocenters. The van der Waals surface area contributed by atoms with Gasteiger partial charge in [-0.1, -0.05) is 50.6 Å². The van der Waals surface area contributed by atoms with Gasteiger partial charge in [0.1, 0.15) is 0 Å². The summed E-state index contributed by atoms with van der Waals surface area (Å²) >= 11 is 0. The van der Waals surface area contributed by atoms with Gasteiger partial charge in [0.15, 0.2) is 0 Å². The predicted molar refractivity (Wildman–Crippen MR) is 70.0 cm³/mol. The Morgan fingerprint density at radius 2 is 1.82 bits per heavy atom. The number of esters is 1. The summed E-state index contributed by atoms with van der Waals surface area (Å²) in [6.45, 7) is 6.46. The molecule has 1 aromatic carbocycles. The fourth-order valence-corrected chi connectivity index (χ4v) is 2.34. The van der Waals surface area contributed by atoms with E-state index in [1.54, 1.807) is 0 Å². The second-order valence-electron chi connectivity index (χ2n) is 4.27. The lowest BCUT2D eigenvalue weighted by molar-refractivity contribution is -0.150. The Morgan fingerprint density at radius 3 is 2.29 bits per heavy atom. The maximum absolute atomic E-state index is 12.3. The van der Waals surface area contributed by atoms with E-state index in [0.717, 1.165) is 24.8 Å². The van der Waals surface area contributed by atoms with Gasteiger partial charge in [0.2, 0.25) is 0 Å². The summed E-state index contributed by atoms with van der Waals surface area (Å²) in [5, 5.41) is 0. The topological polar surface area (TPSA) is 26.3 Å². The first kappa shape index (κ1) is 13.8. The third-order valence-corrected chi connectivity index (χ3v) is 3.27. The lowest BCUT2D eigenvalue weighted by Gasteiger charge is -2.30. The van der Waals surface area contributed by atoms with Gasteiger partial charge in [-0.3, -0.25) is 4.79 Å². The van der Waals surface area contributed by atoms with E-state index in [1.807, 2.05) is 37.3 Å². The summed E-state index contributed by atoms with van der Waals surface area (Å²) in [6, 6.07) is 9.98. The standard InChI is InChI=1S/C15H22O2/c1-4-12-15(5-2,14(16)17-6-3)13-10-8-7-9-11-13/h7-11H,4-6,12H2,1-3H3. The highest BCUT2D eigenvalue weighted by Crippen LogP contribution is 2.34. The zero-order chi connectivity index (χ0) is 12.7. The highest BCUT2D eigenvalue weighted by molar-refractivity contribution is 5.83. The summed E-state index contributed by atoms with van der Waals surface area (Å²) in [5.74, 6) is -0.0875. The van der Waals surface area contributed by atoms with Gasteiger partial charge in [0.25, 0.3) is 0 Å². The molecular formula is C15H22O2. The van der Waals surface area contributed by atoms with E-state index in [2.05, 4.69) is 13.8 Å². The molecule has 0 fully saturated rings. The van der Waals surface area contributed by atoms with Gasteiger partial charge in [-0.25, -0.2) is 0 Å². The van der Waals surface area contributed by atoms with Crippen LogP contribution in [0.15, 0.2) is 30.3 Å². The van der Waals surface area contributed by atoms with Gasteiger partial charge in [0.05, 0.1) is 12.0 Å². The van der Waals surface area contributed by atoms with Gasteiger partial charge in [-0.2, -0.15) is 0 Å². The number of hydrogen-bond donors (Lipinski definition) is 0. The normalized spacial score (nSPS) is 14.1. The highest BCUT2D eigenvalue weighted by Gasteiger charge is 2.38. The lowest BCUT2D eigenvalue weighted by atomic mass is 9.74. The Hall–Kier alpha value is -1.31. The van der Waals surface area contributed by atoms with E-state index in [4.69, 9.17) is 4.74 Å². The third-order valence-electron chi connectivity index (χ3n) is 3.27. The van der Waals surface area contributed by atoms with E-state index in [0.29, 0.717) is 6.61 Å². The molecule has 0 heterocycles. The van der Waals surface area contributed by atoms with Crippen LogP contribution in [0.3, 0.4) is 0 Å². The Bertz CT molecular complexity index is 345. The van der Waals surface area contributed by atoms with Crippen LogP contribution in [-0.2, 0) is 14.9 Å². The summed E-state index contributed by atoms with van der Waals surface area (Å²) in [7, 11) is 0. The van der Waals surface area contributed by atoms with Crippen molar-refractivity contribution >= 4 is 5.97 Å². The van der Waals surface area contributed by atoms with E-state index >= 15 is 0 Å². The first-order valence-electron chi connectivity index (χ1n) is 6.44. The molecule has 2 nitrogen and oxygen atoms in total. The van der Waals surface area contributed by atoms with E-state index in [1.165, 1.54) is 0 Å². The molecule has 0 aliphatic heterocycles. The summed E-state index contributed by atoms with van der Waals surface area (Å²) in [4.78, 5) is 12.3. The van der Waals surface area contributed by atoms with Crippen molar-refractivity contribution in [2.45, 2.75) is 45.4 Å². The summed E-state index contributed by atoms with van der Waals surface area (Å²) < 4.78 is 5.27. The second kappa shape index (κ2) is 6.43. The molecule has 0 saturated carbocycles. The minimum atomic E-state index is -0.466. The molecule has 0 bridgehead atoms. The maximum Gasteiger partial charge on any atom is 0.316 e. The maximum atomic E-state index is 12.3. The van der Waals surface area contributed by atoms with Gasteiger partial charge >= 0.3 is 5.97 Å². The molecule has 0 aliphatic carbocycles. The number of carbonyl (C=O) groups is 1. The smallest absolute Gasteiger partial charge is 0.316 e. The van der Waals surface area contributed by atoms with Crippen molar-refractivity contribution in [3.05, 3.63) is 35.9 Å². The van der Waals surface area contributed by atoms with Crippen LogP contribution in [0, 0.1) is 0 Å². The largest absolute Gasteiger partial charge is 0.465 e. The monoisotopic (exact) mass is 234 g/mol. The zero-order valence-corrected chi connectivity index (χ0v) is 11.0. The quantitative estimate of drug-likeness (QED) is 0.701. The van der Waals surface area contributed by atoms with Crippen molar-refractivity contribution in [3.8, 4) is 0 Å². The summed E-state index contributed by atoms with van der Waals surface area (Å²) in [5.41, 5.74) is 0.606. The molecule has 1 atom stereocenters. The molecule has 0 spiro atoms. The molecular weight excluding hydrogens is 212 g/mol. The first-order valence-corrected chi connectivity index (χ1v) is 6.44. The van der Waals surface area contributed by atoms with Gasteiger partial charge in [-0.05, 0) is 25.3 Å². The predicted octanol–water partition coefficient (Wildman–Crippen LogP) is 3.70. The molecule has 17 heavy (non-hydrogen) atoms. The van der Waals surface area contributed by atoms with Crippen molar-refractivity contribution in [1.29, 1.82) is 0 Å². The van der Waals surface area contributed by atoms with Crippen molar-refractivity contribution in [2.24, 2.45) is 0 Å². The molecule has 0 saturated heterocycles. The number of hydrogen-bond acceptors (Lipinski definition) is 2. The van der Waals surface area contributed by atoms with Crippen molar-refractivity contribution in [3.63, 3.8) is 0 Å². The van der Waals surface area contributed by atoms with Crippen LogP contribution in [0.2, 0.25) is 0 Å². The second-order valence-corrected chi connectivity index (χ2v) is 4.27. The van der Waals surface area contributed by atoms with E-state index in [-0.39, 0.29) is 5.97 Å². The number of benzene rings is 1. The highest BCUT2D eigenvalue weighted by atomic mass is 16.5. The molecule has 0 N–H and O–H groups in total. The minimum Gasteiger partial charge on any atom is -0.465 e. The Labute approximate surface area is 104 Å². The average Bonchev–Trinajstić information content (AvgIpc) is 2.37. The number of ether oxygens (including phenoxy) is 1. The molecule has 94 valence electrons. The third kappa shape index (κ3) is 2.87. The Morgan fingerprint density at radius 1 is 1.18 bits per heavy atom. The number of rotatable bonds is 6. The molecule has 0 aliphatic rings. The molecule has 1 rings (SSSR count). The lowest BCUT2D eigenvalue weighted by Crippen LogP contribution is -2.37. The van der Waals surface area contributed by atoms with Crippen molar-refractivity contribution in [1.82, 2.24) is 0 Å². The van der Waals surface area contributed by atoms with Crippen LogP contribution in [-0.4, -0.2) is 12.6 Å². The van der Waals surface area contributed by atoms with Crippen LogP contribution in [0.5, 0.6) is 0 Å². The molecule has 0 radical (unpaired) electrons. The Balaban J connectivity index is 3.12. The van der Waals surface area contributed by atoms with E-state index < -0.39 is 5.41 Å². The van der Waals surface area contributed by atoms with Crippen LogP contribution in [0.1, 0.15) is 45.6 Å². The molecule has 0 amide bonds. The fraction of sp³-hybridized carbons (Fsp3) is 0.533. The first-order chi connectivity index (χ1) is 8.21. The average molecular weight is 234 g/mol. The molecule has 0 aromatic heterocycles. The molecule has 2 heteroatoms. The summed E-state index contributed by atoms with van der Waals surface area (Å²) in [6.07, 6.45) is 2.59. The Kier molecular flexibility index (Phi) is 5.20. The van der Waals surface area contributed by atoms with Crippen LogP contribution < -0.4 is 0 Å². The number of carbonyl (C=O) groups excluding carboxylic acids is 1. The van der Waals surface area contributed by atoms with E-state index in [9.17, 15) is 4.79 Å². The molecule has 1 aromatic rings. The van der Waals surface area contributed by atoms with Gasteiger partial charge in [-0.15, -0.1) is 0 Å². The van der Waals surface area contributed by atoms with Crippen LogP contribution in [0.25, 0.3) is 0 Å². The van der Waals surface area contributed by atoms with Gasteiger partial charge in [0, 0.05) is 0 Å². The van der Waals surface area contributed by atoms with Gasteiger partial charge < -0.3 is 4.74 Å². The van der Waals surface area contributed by atoms with Crippen molar-refractivity contribution in [2.75, 3.05) is 6.61 Å². The van der Waals surface area contributed by atoms with Crippen molar-refractivity contribution < 1.29 is 9.53 Å². The van der Waals surface area contributed by atoms with Crippen LogP contribution in [0.4, 0.5) is 0 Å². The fourth-order valence-electron chi connectivity index (χ4n) is 2.34. The minimum absolute atomic E-state index is 0.0875. The SMILES string of the molecule is CCCC(CC)(C(=O)OCC)c1ccccc1. The van der Waals surface area contributed by atoms with Crippen LogP contribution >= 0.6 is 0 Å². The zero-order valence-electron chi connectivity index (χ0n) is 11.0.